The van der Waals surface area contributed by atoms with Crippen LogP contribution in [0.4, 0.5) is 0 Å². The van der Waals surface area contributed by atoms with Crippen LogP contribution < -0.4 is 4.74 Å². The van der Waals surface area contributed by atoms with E-state index >= 15 is 0 Å². The van der Waals surface area contributed by atoms with Gasteiger partial charge in [-0.3, -0.25) is 9.59 Å². The number of unbranched alkanes of at least 4 members (excludes halogenated alkanes) is 5. The van der Waals surface area contributed by atoms with Crippen LogP contribution in [0.2, 0.25) is 0 Å². The number of hydrogen-bond donors (Lipinski definition) is 0. The highest BCUT2D eigenvalue weighted by atomic mass is 16.5. The first kappa shape index (κ1) is 23.4. The van der Waals surface area contributed by atoms with Crippen molar-refractivity contribution in [1.29, 1.82) is 0 Å². The first-order chi connectivity index (χ1) is 14.0. The predicted octanol–water partition coefficient (Wildman–Crippen LogP) is 6.43. The topological polar surface area (TPSA) is 52.6 Å². The van der Waals surface area contributed by atoms with Crippen LogP contribution in [0.15, 0.2) is 24.3 Å². The molecule has 1 aliphatic carbocycles. The Bertz CT molecular complexity index is 620. The van der Waals surface area contributed by atoms with E-state index in [1.54, 1.807) is 0 Å². The van der Waals surface area contributed by atoms with E-state index in [9.17, 15) is 9.59 Å². The lowest BCUT2D eigenvalue weighted by molar-refractivity contribution is -0.158. The van der Waals surface area contributed by atoms with E-state index in [-0.39, 0.29) is 17.9 Å². The zero-order valence-electron chi connectivity index (χ0n) is 18.5. The van der Waals surface area contributed by atoms with Crippen molar-refractivity contribution >= 4 is 11.9 Å². The van der Waals surface area contributed by atoms with Gasteiger partial charge in [0, 0.05) is 0 Å². The van der Waals surface area contributed by atoms with Gasteiger partial charge in [-0.15, -0.1) is 0 Å². The molecule has 4 nitrogen and oxygen atoms in total. The Hall–Kier alpha value is -1.84. The molecule has 4 heteroatoms. The van der Waals surface area contributed by atoms with Crippen molar-refractivity contribution in [2.45, 2.75) is 90.9 Å². The summed E-state index contributed by atoms with van der Waals surface area (Å²) in [6.07, 6.45) is 10.3. The van der Waals surface area contributed by atoms with Gasteiger partial charge in [0.05, 0.1) is 18.4 Å². The molecule has 2 unspecified atom stereocenters. The maximum atomic E-state index is 12.7. The van der Waals surface area contributed by atoms with Gasteiger partial charge in [-0.25, -0.2) is 0 Å². The van der Waals surface area contributed by atoms with E-state index < -0.39 is 5.92 Å². The second-order valence-electron chi connectivity index (χ2n) is 8.58. The van der Waals surface area contributed by atoms with Crippen molar-refractivity contribution in [3.05, 3.63) is 29.8 Å². The third kappa shape index (κ3) is 7.83. The molecule has 0 aliphatic heterocycles. The number of benzene rings is 1. The molecular formula is C25H38O4. The Morgan fingerprint density at radius 2 is 1.48 bits per heavy atom. The average Bonchev–Trinajstić information content (AvgIpc) is 2.73. The van der Waals surface area contributed by atoms with Gasteiger partial charge in [-0.1, -0.05) is 77.8 Å². The number of carbonyl (C=O) groups is 2. The van der Waals surface area contributed by atoms with Crippen LogP contribution in [-0.4, -0.2) is 18.5 Å². The van der Waals surface area contributed by atoms with E-state index in [0.29, 0.717) is 31.1 Å². The minimum absolute atomic E-state index is 0.227. The first-order valence-corrected chi connectivity index (χ1v) is 11.5. The van der Waals surface area contributed by atoms with Gasteiger partial charge in [-0.2, -0.15) is 0 Å². The maximum Gasteiger partial charge on any atom is 0.315 e. The van der Waals surface area contributed by atoms with Crippen molar-refractivity contribution in [2.24, 2.45) is 11.8 Å². The smallest absolute Gasteiger partial charge is 0.315 e. The highest BCUT2D eigenvalue weighted by Gasteiger charge is 2.38. The van der Waals surface area contributed by atoms with Gasteiger partial charge in [0.25, 0.3) is 0 Å². The zero-order chi connectivity index (χ0) is 21.1. The van der Waals surface area contributed by atoms with Crippen LogP contribution in [0.25, 0.3) is 0 Å². The molecule has 29 heavy (non-hydrogen) atoms. The van der Waals surface area contributed by atoms with Crippen LogP contribution >= 0.6 is 0 Å². The summed E-state index contributed by atoms with van der Waals surface area (Å²) in [6, 6.07) is 7.64. The standard InChI is InChI=1S/C25H38O4/c1-4-5-6-7-8-11-18-28-24(26)22-12-9-10-13-23(22)25(27)29-21-16-14-20(15-17-21)19(2)3/h14-17,19,22-23H,4-13,18H2,1-3H3. The molecule has 0 N–H and O–H groups in total. The summed E-state index contributed by atoms with van der Waals surface area (Å²) in [5, 5.41) is 0. The third-order valence-electron chi connectivity index (χ3n) is 5.88. The van der Waals surface area contributed by atoms with Crippen molar-refractivity contribution in [3.8, 4) is 5.75 Å². The van der Waals surface area contributed by atoms with Gasteiger partial charge in [0.1, 0.15) is 5.75 Å². The minimum atomic E-state index is -0.398. The summed E-state index contributed by atoms with van der Waals surface area (Å²) >= 11 is 0. The van der Waals surface area contributed by atoms with E-state index in [2.05, 4.69) is 20.8 Å². The van der Waals surface area contributed by atoms with Crippen LogP contribution in [-0.2, 0) is 14.3 Å². The molecule has 162 valence electrons. The molecule has 0 radical (unpaired) electrons. The van der Waals surface area contributed by atoms with Gasteiger partial charge in [0.15, 0.2) is 0 Å². The number of esters is 2. The molecule has 1 saturated carbocycles. The Kier molecular flexibility index (Phi) is 10.2. The Balaban J connectivity index is 1.82. The lowest BCUT2D eigenvalue weighted by Gasteiger charge is -2.28. The molecule has 1 fully saturated rings. The first-order valence-electron chi connectivity index (χ1n) is 11.5. The largest absolute Gasteiger partial charge is 0.465 e. The van der Waals surface area contributed by atoms with Crippen molar-refractivity contribution in [1.82, 2.24) is 0 Å². The molecule has 2 rings (SSSR count). The molecule has 0 aromatic heterocycles. The van der Waals surface area contributed by atoms with Crippen molar-refractivity contribution in [3.63, 3.8) is 0 Å². The van der Waals surface area contributed by atoms with Crippen molar-refractivity contribution < 1.29 is 19.1 Å². The average molecular weight is 403 g/mol. The number of ether oxygens (including phenoxy) is 2. The highest BCUT2D eigenvalue weighted by Crippen LogP contribution is 2.32. The minimum Gasteiger partial charge on any atom is -0.465 e. The molecule has 0 saturated heterocycles. The number of rotatable bonds is 11. The molecular weight excluding hydrogens is 364 g/mol. The summed E-state index contributed by atoms with van der Waals surface area (Å²) < 4.78 is 11.1. The molecule has 0 bridgehead atoms. The molecule has 2 atom stereocenters. The SMILES string of the molecule is CCCCCCCCOC(=O)C1CCCCC1C(=O)Oc1ccc(C(C)C)cc1. The molecule has 0 spiro atoms. The molecule has 0 amide bonds. The molecule has 1 aliphatic rings. The second kappa shape index (κ2) is 12.7. The summed E-state index contributed by atoms with van der Waals surface area (Å²) in [7, 11) is 0. The molecule has 1 aromatic carbocycles. The third-order valence-corrected chi connectivity index (χ3v) is 5.88. The second-order valence-corrected chi connectivity index (χ2v) is 8.58. The summed E-state index contributed by atoms with van der Waals surface area (Å²) in [5.74, 6) is -0.316. The van der Waals surface area contributed by atoms with E-state index in [4.69, 9.17) is 9.47 Å². The number of hydrogen-bond acceptors (Lipinski definition) is 4. The highest BCUT2D eigenvalue weighted by molar-refractivity contribution is 5.83. The van der Waals surface area contributed by atoms with Crippen LogP contribution in [0.5, 0.6) is 5.75 Å². The van der Waals surface area contributed by atoms with Crippen LogP contribution in [0.1, 0.15) is 96.5 Å². The normalized spacial score (nSPS) is 19.2. The maximum absolute atomic E-state index is 12.7. The quantitative estimate of drug-likeness (QED) is 0.243. The van der Waals surface area contributed by atoms with Gasteiger partial charge in [0.2, 0.25) is 0 Å². The van der Waals surface area contributed by atoms with Gasteiger partial charge < -0.3 is 9.47 Å². The van der Waals surface area contributed by atoms with E-state index in [0.717, 1.165) is 25.7 Å². The Morgan fingerprint density at radius 3 is 2.10 bits per heavy atom. The zero-order valence-corrected chi connectivity index (χ0v) is 18.5. The Labute approximate surface area is 176 Å². The predicted molar refractivity (Wildman–Crippen MR) is 116 cm³/mol. The summed E-state index contributed by atoms with van der Waals surface area (Å²) in [4.78, 5) is 25.3. The number of carbonyl (C=O) groups excluding carboxylic acids is 2. The fraction of sp³-hybridized carbons (Fsp3) is 0.680. The van der Waals surface area contributed by atoms with E-state index in [1.165, 1.54) is 31.2 Å². The lowest BCUT2D eigenvalue weighted by atomic mass is 9.79. The van der Waals surface area contributed by atoms with E-state index in [1.807, 2.05) is 24.3 Å². The van der Waals surface area contributed by atoms with Crippen molar-refractivity contribution in [2.75, 3.05) is 6.61 Å². The van der Waals surface area contributed by atoms with Crippen LogP contribution in [0.3, 0.4) is 0 Å². The van der Waals surface area contributed by atoms with Gasteiger partial charge in [-0.05, 0) is 42.9 Å². The monoisotopic (exact) mass is 402 g/mol. The van der Waals surface area contributed by atoms with Crippen LogP contribution in [0, 0.1) is 11.8 Å². The summed E-state index contributed by atoms with van der Waals surface area (Å²) in [6.45, 7) is 6.92. The molecule has 1 aromatic rings. The lowest BCUT2D eigenvalue weighted by Crippen LogP contribution is -2.36. The fourth-order valence-corrected chi connectivity index (χ4v) is 3.97. The molecule has 0 heterocycles. The summed E-state index contributed by atoms with van der Waals surface area (Å²) in [5.41, 5.74) is 1.21. The van der Waals surface area contributed by atoms with Gasteiger partial charge >= 0.3 is 11.9 Å². The Morgan fingerprint density at radius 1 is 0.897 bits per heavy atom. The fourth-order valence-electron chi connectivity index (χ4n) is 3.97.